The average Bonchev–Trinajstić information content (AvgIpc) is 3.06. The lowest BCUT2D eigenvalue weighted by molar-refractivity contribution is -0.130. The second-order valence-electron chi connectivity index (χ2n) is 5.72. The van der Waals surface area contributed by atoms with Gasteiger partial charge in [0.1, 0.15) is 11.9 Å². The van der Waals surface area contributed by atoms with Gasteiger partial charge < -0.3 is 25.2 Å². The van der Waals surface area contributed by atoms with Crippen LogP contribution in [-0.4, -0.2) is 49.5 Å². The number of benzene rings is 1. The minimum absolute atomic E-state index is 0.109. The fourth-order valence-corrected chi connectivity index (χ4v) is 2.83. The van der Waals surface area contributed by atoms with Crippen molar-refractivity contribution in [1.29, 1.82) is 0 Å². The molecule has 0 aromatic heterocycles. The molecule has 6 nitrogen and oxygen atoms in total. The zero-order valence-corrected chi connectivity index (χ0v) is 12.5. The monoisotopic (exact) mass is 306 g/mol. The van der Waals surface area contributed by atoms with Crippen LogP contribution in [0.2, 0.25) is 0 Å². The zero-order valence-electron chi connectivity index (χ0n) is 12.5. The molecule has 2 aliphatic heterocycles. The van der Waals surface area contributed by atoms with Crippen molar-refractivity contribution in [2.75, 3.05) is 26.4 Å². The lowest BCUT2D eigenvalue weighted by Gasteiger charge is -2.27. The van der Waals surface area contributed by atoms with Crippen molar-refractivity contribution in [3.05, 3.63) is 29.8 Å². The summed E-state index contributed by atoms with van der Waals surface area (Å²) < 4.78 is 10.8. The molecule has 3 N–H and O–H groups in total. The van der Waals surface area contributed by atoms with Crippen LogP contribution in [0, 0.1) is 0 Å². The summed E-state index contributed by atoms with van der Waals surface area (Å²) in [6.07, 6.45) is 0.566. The van der Waals surface area contributed by atoms with Crippen LogP contribution in [0.25, 0.3) is 0 Å². The third-order valence-corrected chi connectivity index (χ3v) is 4.11. The van der Waals surface area contributed by atoms with Crippen LogP contribution in [0.3, 0.4) is 0 Å². The largest absolute Gasteiger partial charge is 0.493 e. The summed E-state index contributed by atoms with van der Waals surface area (Å²) in [4.78, 5) is 12.2. The Kier molecular flexibility index (Phi) is 4.92. The molecule has 120 valence electrons. The van der Waals surface area contributed by atoms with E-state index in [-0.39, 0.29) is 24.5 Å². The van der Waals surface area contributed by atoms with E-state index in [1.54, 1.807) is 0 Å². The Hall–Kier alpha value is -1.63. The van der Waals surface area contributed by atoms with Crippen LogP contribution < -0.4 is 15.4 Å². The summed E-state index contributed by atoms with van der Waals surface area (Å²) >= 11 is 0. The number of rotatable bonds is 5. The number of amides is 1. The predicted octanol–water partition coefficient (Wildman–Crippen LogP) is 0.366. The minimum Gasteiger partial charge on any atom is -0.493 e. The maximum Gasteiger partial charge on any atom is 0.250 e. The molecule has 0 radical (unpaired) electrons. The Bertz CT molecular complexity index is 517. The molecule has 2 aliphatic rings. The van der Waals surface area contributed by atoms with Crippen molar-refractivity contribution in [3.63, 3.8) is 0 Å². The van der Waals surface area contributed by atoms with Gasteiger partial charge in [0.2, 0.25) is 0 Å². The second kappa shape index (κ2) is 7.09. The minimum atomic E-state index is -1.06. The van der Waals surface area contributed by atoms with Crippen molar-refractivity contribution in [2.24, 2.45) is 0 Å². The lowest BCUT2D eigenvalue weighted by atomic mass is 10.0. The SMILES string of the molecule is O=C(NC1CCOc2ccccc21)C(O)CNC1CCOC1. The van der Waals surface area contributed by atoms with Crippen molar-refractivity contribution in [3.8, 4) is 5.75 Å². The maximum atomic E-state index is 12.2. The third kappa shape index (κ3) is 3.58. The van der Waals surface area contributed by atoms with E-state index >= 15 is 0 Å². The van der Waals surface area contributed by atoms with Gasteiger partial charge in [-0.1, -0.05) is 18.2 Å². The lowest BCUT2D eigenvalue weighted by Crippen LogP contribution is -2.45. The van der Waals surface area contributed by atoms with Crippen LogP contribution >= 0.6 is 0 Å². The number of para-hydroxylation sites is 1. The van der Waals surface area contributed by atoms with Crippen molar-refractivity contribution >= 4 is 5.91 Å². The van der Waals surface area contributed by atoms with Gasteiger partial charge in [0, 0.05) is 31.2 Å². The van der Waals surface area contributed by atoms with Gasteiger partial charge in [0.05, 0.1) is 19.3 Å². The first-order valence-electron chi connectivity index (χ1n) is 7.75. The molecule has 0 bridgehead atoms. The normalized spacial score (nSPS) is 25.1. The van der Waals surface area contributed by atoms with E-state index in [9.17, 15) is 9.90 Å². The van der Waals surface area contributed by atoms with Crippen LogP contribution in [0.15, 0.2) is 24.3 Å². The Labute approximate surface area is 129 Å². The summed E-state index contributed by atoms with van der Waals surface area (Å²) in [6.45, 7) is 2.18. The molecule has 1 saturated heterocycles. The molecule has 3 rings (SSSR count). The summed E-state index contributed by atoms with van der Waals surface area (Å²) in [5.41, 5.74) is 0.964. The molecule has 1 aromatic carbocycles. The quantitative estimate of drug-likeness (QED) is 0.732. The Morgan fingerprint density at radius 2 is 2.18 bits per heavy atom. The van der Waals surface area contributed by atoms with E-state index in [4.69, 9.17) is 9.47 Å². The van der Waals surface area contributed by atoms with Crippen LogP contribution in [0.1, 0.15) is 24.4 Å². The molecule has 0 saturated carbocycles. The van der Waals surface area contributed by atoms with Gasteiger partial charge in [-0.25, -0.2) is 0 Å². The molecular formula is C16H22N2O4. The topological polar surface area (TPSA) is 79.8 Å². The molecule has 6 heteroatoms. The van der Waals surface area contributed by atoms with Crippen molar-refractivity contribution < 1.29 is 19.4 Å². The Morgan fingerprint density at radius 1 is 1.32 bits per heavy atom. The average molecular weight is 306 g/mol. The van der Waals surface area contributed by atoms with E-state index in [1.165, 1.54) is 0 Å². The summed E-state index contributed by atoms with van der Waals surface area (Å²) in [7, 11) is 0. The third-order valence-electron chi connectivity index (χ3n) is 4.11. The fourth-order valence-electron chi connectivity index (χ4n) is 2.83. The maximum absolute atomic E-state index is 12.2. The molecule has 2 heterocycles. The number of carbonyl (C=O) groups excluding carboxylic acids is 1. The van der Waals surface area contributed by atoms with Gasteiger partial charge in [-0.05, 0) is 12.5 Å². The number of ether oxygens (including phenoxy) is 2. The number of carbonyl (C=O) groups is 1. The molecule has 0 aliphatic carbocycles. The smallest absolute Gasteiger partial charge is 0.250 e. The number of hydrogen-bond donors (Lipinski definition) is 3. The number of fused-ring (bicyclic) bond motifs is 1. The first-order chi connectivity index (χ1) is 10.7. The highest BCUT2D eigenvalue weighted by Gasteiger charge is 2.26. The van der Waals surface area contributed by atoms with Crippen molar-refractivity contribution in [2.45, 2.75) is 31.0 Å². The Balaban J connectivity index is 1.53. The van der Waals surface area contributed by atoms with Crippen LogP contribution in [-0.2, 0) is 9.53 Å². The molecular weight excluding hydrogens is 284 g/mol. The first-order valence-corrected chi connectivity index (χ1v) is 7.75. The highest BCUT2D eigenvalue weighted by molar-refractivity contribution is 5.81. The number of hydrogen-bond acceptors (Lipinski definition) is 5. The molecule has 1 amide bonds. The number of nitrogens with one attached hydrogen (secondary N) is 2. The Morgan fingerprint density at radius 3 is 3.00 bits per heavy atom. The van der Waals surface area contributed by atoms with Crippen molar-refractivity contribution in [1.82, 2.24) is 10.6 Å². The second-order valence-corrected chi connectivity index (χ2v) is 5.72. The van der Waals surface area contributed by atoms with Gasteiger partial charge in [-0.3, -0.25) is 4.79 Å². The zero-order chi connectivity index (χ0) is 15.4. The van der Waals surface area contributed by atoms with E-state index in [2.05, 4.69) is 10.6 Å². The predicted molar refractivity (Wildman–Crippen MR) is 80.7 cm³/mol. The van der Waals surface area contributed by atoms with E-state index < -0.39 is 6.10 Å². The molecule has 0 spiro atoms. The molecule has 1 aromatic rings. The molecule has 3 atom stereocenters. The van der Waals surface area contributed by atoms with E-state index in [1.807, 2.05) is 24.3 Å². The van der Waals surface area contributed by atoms with Crippen LogP contribution in [0.5, 0.6) is 5.75 Å². The van der Waals surface area contributed by atoms with Gasteiger partial charge in [-0.2, -0.15) is 0 Å². The number of aliphatic hydroxyl groups is 1. The molecule has 22 heavy (non-hydrogen) atoms. The van der Waals surface area contributed by atoms with Gasteiger partial charge in [0.15, 0.2) is 0 Å². The van der Waals surface area contributed by atoms with E-state index in [0.29, 0.717) is 19.6 Å². The summed E-state index contributed by atoms with van der Waals surface area (Å²) in [5.74, 6) is 0.447. The van der Waals surface area contributed by atoms with E-state index in [0.717, 1.165) is 24.3 Å². The number of aliphatic hydroxyl groups excluding tert-OH is 1. The van der Waals surface area contributed by atoms with Gasteiger partial charge >= 0.3 is 0 Å². The van der Waals surface area contributed by atoms with Gasteiger partial charge in [-0.15, -0.1) is 0 Å². The van der Waals surface area contributed by atoms with Gasteiger partial charge in [0.25, 0.3) is 5.91 Å². The summed E-state index contributed by atoms with van der Waals surface area (Å²) in [5, 5.41) is 16.1. The van der Waals surface area contributed by atoms with Crippen LogP contribution in [0.4, 0.5) is 0 Å². The molecule has 1 fully saturated rings. The highest BCUT2D eigenvalue weighted by atomic mass is 16.5. The fraction of sp³-hybridized carbons (Fsp3) is 0.562. The highest BCUT2D eigenvalue weighted by Crippen LogP contribution is 2.31. The standard InChI is InChI=1S/C16H22N2O4/c19-14(9-17-11-5-7-21-10-11)16(20)18-13-6-8-22-15-4-2-1-3-12(13)15/h1-4,11,13-14,17,19H,5-10H2,(H,18,20). The summed E-state index contributed by atoms with van der Waals surface area (Å²) in [6, 6.07) is 7.79. The first kappa shape index (κ1) is 15.3. The molecule has 3 unspecified atom stereocenters.